The number of fused-ring (bicyclic) bond motifs is 4. The molecule has 0 saturated carbocycles. The first-order valence-electron chi connectivity index (χ1n) is 27.1. The van der Waals surface area contributed by atoms with E-state index in [-0.39, 0.29) is 72.6 Å². The summed E-state index contributed by atoms with van der Waals surface area (Å²) in [6, 6.07) is 7.79. The molecular weight excluding hydrogens is 731 g/mol. The van der Waals surface area contributed by atoms with E-state index in [1.807, 2.05) is 20.8 Å². The topological polar surface area (TPSA) is 24.3 Å². The molecule has 0 unspecified atom stereocenters. The van der Waals surface area contributed by atoms with Crippen molar-refractivity contribution in [3.05, 3.63) is 204 Å². The van der Waals surface area contributed by atoms with E-state index in [1.54, 1.807) is 36.4 Å². The molecule has 1 aliphatic heterocycles. The molecule has 0 spiro atoms. The molecule has 0 bridgehead atoms. The van der Waals surface area contributed by atoms with Gasteiger partial charge in [0.15, 0.2) is 0 Å². The number of pyridine rings is 1. The quantitative estimate of drug-likeness (QED) is 0.161. The Hall–Kier alpha value is -7.05. The average molecular weight is 790 g/mol. The third-order valence-electron chi connectivity index (χ3n) is 10.5. The number of hydrogen-bond donors (Lipinski definition) is 0. The van der Waals surface area contributed by atoms with Crippen LogP contribution in [0.5, 0.6) is 0 Å². The number of anilines is 4. The van der Waals surface area contributed by atoms with E-state index in [0.717, 1.165) is 23.8 Å². The normalized spacial score (nSPS) is 17.1. The van der Waals surface area contributed by atoms with Crippen LogP contribution in [0.15, 0.2) is 188 Å². The van der Waals surface area contributed by atoms with Gasteiger partial charge in [0.05, 0.1) is 51.4 Å². The minimum atomic E-state index is -4.11. The zero-order chi connectivity index (χ0) is 55.1. The second-order valence-electron chi connectivity index (χ2n) is 15.0. The highest BCUT2D eigenvalue weighted by Gasteiger charge is 2.37. The minimum absolute atomic E-state index is 0.00405. The maximum Gasteiger partial charge on any atom is 0.298 e. The fourth-order valence-electron chi connectivity index (χ4n) is 7.62. The summed E-state index contributed by atoms with van der Waals surface area (Å²) in [6.45, 7) is 5.47. The standard InChI is InChI=1S/C53H42F2N4/c1-52(2,3)38-30-31-56-50(34-38)59-46-25-11-10-22-44(46)45-29-28-40(33-49(45)59)53(54,55)39-20-14-21-41(32-39)57-35-58(48-27-13-12-26-47(48)57)51-42(36-16-6-4-7-17-36)23-15-24-43(51)37-18-8-5-9-19-37/h4-34H,35H2,1-3H3/i4D,5D,6D,7D,8D,9D,10D,11D,14D,16D,17D,18D,19D,20D,21D,22D,25D. The fourth-order valence-corrected chi connectivity index (χ4v) is 7.62. The SMILES string of the molecule is [2H]c1c(N2CN(c3c(-c4c([2H])c([2H])c([2H])c([2H])c4[2H])cccc3-c3c([2H])c([2H])c([2H])c([2H])c3[2H])c3ccccc32)cc(C(F)(F)c2ccc3c4c([2H])c([2H])c([2H])c([2H])c4n(-c4cc(C(C)(C)C)ccn4)c3c2)c([2H])c1[2H]. The summed E-state index contributed by atoms with van der Waals surface area (Å²) < 4.78 is 186. The van der Waals surface area contributed by atoms with Gasteiger partial charge in [-0.15, -0.1) is 0 Å². The van der Waals surface area contributed by atoms with Gasteiger partial charge >= 0.3 is 0 Å². The molecule has 0 amide bonds. The summed E-state index contributed by atoms with van der Waals surface area (Å²) in [6.07, 6.45) is 1.52. The highest BCUT2D eigenvalue weighted by molar-refractivity contribution is 6.09. The van der Waals surface area contributed by atoms with E-state index in [1.165, 1.54) is 44.8 Å². The number of aromatic nitrogens is 2. The van der Waals surface area contributed by atoms with E-state index in [9.17, 15) is 1.37 Å². The van der Waals surface area contributed by atoms with Crippen LogP contribution in [0.4, 0.5) is 31.5 Å². The second kappa shape index (κ2) is 14.1. The van der Waals surface area contributed by atoms with Crippen molar-refractivity contribution in [3.8, 4) is 28.1 Å². The molecule has 9 aromatic rings. The zero-order valence-electron chi connectivity index (χ0n) is 48.8. The summed E-state index contributed by atoms with van der Waals surface area (Å²) in [5.74, 6) is -3.92. The largest absolute Gasteiger partial charge is 0.321 e. The van der Waals surface area contributed by atoms with Gasteiger partial charge in [-0.3, -0.25) is 4.57 Å². The van der Waals surface area contributed by atoms with Crippen molar-refractivity contribution < 1.29 is 32.1 Å². The highest BCUT2D eigenvalue weighted by atomic mass is 19.3. The smallest absolute Gasteiger partial charge is 0.298 e. The first kappa shape index (κ1) is 22.2. The monoisotopic (exact) mass is 789 g/mol. The maximum absolute atomic E-state index is 17.8. The molecule has 0 atom stereocenters. The average Bonchev–Trinajstić information content (AvgIpc) is 3.96. The maximum atomic E-state index is 17.8. The van der Waals surface area contributed by atoms with Crippen LogP contribution in [0.2, 0.25) is 0 Å². The first-order chi connectivity index (χ1) is 35.7. The van der Waals surface area contributed by atoms with Gasteiger partial charge in [-0.2, -0.15) is 8.78 Å². The van der Waals surface area contributed by atoms with E-state index in [0.29, 0.717) is 0 Å². The Morgan fingerprint density at radius 1 is 0.559 bits per heavy atom. The van der Waals surface area contributed by atoms with Crippen molar-refractivity contribution in [2.45, 2.75) is 32.1 Å². The Bertz CT molecular complexity index is 3860. The van der Waals surface area contributed by atoms with Crippen LogP contribution in [0, 0.1) is 0 Å². The third-order valence-corrected chi connectivity index (χ3v) is 10.5. The number of para-hydroxylation sites is 4. The summed E-state index contributed by atoms with van der Waals surface area (Å²) in [7, 11) is 0. The molecule has 0 radical (unpaired) electrons. The van der Waals surface area contributed by atoms with Gasteiger partial charge in [-0.05, 0) is 70.6 Å². The summed E-state index contributed by atoms with van der Waals surface area (Å²) >= 11 is 0. The molecule has 10 rings (SSSR count). The number of rotatable bonds is 7. The Morgan fingerprint density at radius 2 is 1.22 bits per heavy atom. The molecular formula is C53H42F2N4. The predicted molar refractivity (Wildman–Crippen MR) is 240 cm³/mol. The van der Waals surface area contributed by atoms with Crippen LogP contribution in [-0.2, 0) is 11.3 Å². The lowest BCUT2D eigenvalue weighted by Crippen LogP contribution is -2.25. The molecule has 7 aromatic carbocycles. The number of alkyl halides is 2. The molecule has 1 aliphatic rings. The molecule has 288 valence electrons. The summed E-state index contributed by atoms with van der Waals surface area (Å²) in [5.41, 5.74) is -1.67. The predicted octanol–water partition coefficient (Wildman–Crippen LogP) is 14.2. The van der Waals surface area contributed by atoms with Gasteiger partial charge in [0.2, 0.25) is 0 Å². The number of hydrogen-bond acceptors (Lipinski definition) is 3. The summed E-state index contributed by atoms with van der Waals surface area (Å²) in [5, 5.41) is 0.272. The van der Waals surface area contributed by atoms with Gasteiger partial charge in [-0.1, -0.05) is 154 Å². The van der Waals surface area contributed by atoms with Crippen molar-refractivity contribution in [2.75, 3.05) is 16.5 Å². The van der Waals surface area contributed by atoms with Gasteiger partial charge in [-0.25, -0.2) is 4.98 Å². The number of nitrogens with zero attached hydrogens (tertiary/aromatic N) is 4. The first-order valence-corrected chi connectivity index (χ1v) is 18.6. The second-order valence-corrected chi connectivity index (χ2v) is 15.0. The third kappa shape index (κ3) is 6.23. The van der Waals surface area contributed by atoms with Crippen LogP contribution in [-0.4, -0.2) is 16.2 Å². The van der Waals surface area contributed by atoms with Gasteiger partial charge in [0, 0.05) is 44.9 Å². The van der Waals surface area contributed by atoms with Gasteiger partial charge < -0.3 is 9.80 Å². The molecule has 0 fully saturated rings. The Morgan fingerprint density at radius 3 is 1.92 bits per heavy atom. The summed E-state index contributed by atoms with van der Waals surface area (Å²) in [4.78, 5) is 7.50. The van der Waals surface area contributed by atoms with Crippen LogP contribution >= 0.6 is 0 Å². The molecule has 3 heterocycles. The molecule has 2 aromatic heterocycles. The highest BCUT2D eigenvalue weighted by Crippen LogP contribution is 2.50. The molecule has 0 saturated heterocycles. The van der Waals surface area contributed by atoms with E-state index in [4.69, 9.17) is 21.9 Å². The Balaban J connectivity index is 1.19. The van der Waals surface area contributed by atoms with Crippen molar-refractivity contribution in [1.82, 2.24) is 9.55 Å². The lowest BCUT2D eigenvalue weighted by atomic mass is 9.88. The zero-order valence-corrected chi connectivity index (χ0v) is 31.8. The van der Waals surface area contributed by atoms with E-state index in [2.05, 4.69) is 4.98 Å². The molecule has 4 nitrogen and oxygen atoms in total. The fraction of sp³-hybridized carbons (Fsp3) is 0.113. The minimum Gasteiger partial charge on any atom is -0.321 e. The van der Waals surface area contributed by atoms with Crippen molar-refractivity contribution >= 4 is 44.6 Å². The molecule has 0 aliphatic carbocycles. The van der Waals surface area contributed by atoms with E-state index < -0.39 is 132 Å². The number of halogens is 2. The van der Waals surface area contributed by atoms with Crippen LogP contribution in [0.3, 0.4) is 0 Å². The molecule has 0 N–H and O–H groups in total. The van der Waals surface area contributed by atoms with Crippen molar-refractivity contribution in [1.29, 1.82) is 0 Å². The van der Waals surface area contributed by atoms with Crippen molar-refractivity contribution in [3.63, 3.8) is 0 Å². The Labute approximate surface area is 367 Å². The lowest BCUT2D eigenvalue weighted by molar-refractivity contribution is 0.0430. The van der Waals surface area contributed by atoms with Crippen molar-refractivity contribution in [2.24, 2.45) is 0 Å². The molecule has 6 heteroatoms. The van der Waals surface area contributed by atoms with Crippen LogP contribution in [0.25, 0.3) is 49.9 Å². The van der Waals surface area contributed by atoms with E-state index >= 15 is 8.78 Å². The van der Waals surface area contributed by atoms with Gasteiger partial charge in [0.25, 0.3) is 5.92 Å². The molecule has 59 heavy (non-hydrogen) atoms. The Kier molecular flexibility index (Phi) is 5.30. The van der Waals surface area contributed by atoms with Gasteiger partial charge in [0.1, 0.15) is 12.5 Å². The van der Waals surface area contributed by atoms with Crippen LogP contribution in [0.1, 0.15) is 60.8 Å². The van der Waals surface area contributed by atoms with Crippen LogP contribution < -0.4 is 9.80 Å². The number of benzene rings is 7. The lowest BCUT2D eigenvalue weighted by Gasteiger charge is -2.27.